The van der Waals surface area contributed by atoms with Gasteiger partial charge >= 0.3 is 5.97 Å². The number of fused-ring (bicyclic) bond motifs is 1. The van der Waals surface area contributed by atoms with Crippen LogP contribution in [0.3, 0.4) is 0 Å². The molecule has 0 fully saturated rings. The van der Waals surface area contributed by atoms with Gasteiger partial charge in [-0.3, -0.25) is 4.79 Å². The maximum Gasteiger partial charge on any atom is 0.323 e. The molecule has 0 aliphatic rings. The van der Waals surface area contributed by atoms with Crippen molar-refractivity contribution in [2.24, 2.45) is 0 Å². The maximum absolute atomic E-state index is 14.2. The molecule has 1 aromatic carbocycles. The first-order valence-electron chi connectivity index (χ1n) is 7.23. The van der Waals surface area contributed by atoms with Gasteiger partial charge in [-0.1, -0.05) is 0 Å². The van der Waals surface area contributed by atoms with Crippen molar-refractivity contribution in [3.8, 4) is 5.75 Å². The van der Waals surface area contributed by atoms with E-state index in [2.05, 4.69) is 0 Å². The van der Waals surface area contributed by atoms with Crippen LogP contribution in [0.5, 0.6) is 5.75 Å². The minimum Gasteiger partial charge on any atom is -0.497 e. The lowest BCUT2D eigenvalue weighted by Crippen LogP contribution is -2.09. The highest BCUT2D eigenvalue weighted by Gasteiger charge is 2.20. The lowest BCUT2D eigenvalue weighted by atomic mass is 10.1. The van der Waals surface area contributed by atoms with Gasteiger partial charge in [0.2, 0.25) is 0 Å². The Morgan fingerprint density at radius 3 is 2.75 bits per heavy atom. The van der Waals surface area contributed by atoms with Gasteiger partial charge in [-0.05, 0) is 31.2 Å². The normalized spacial score (nSPS) is 12.5. The first-order valence-corrected chi connectivity index (χ1v) is 8.05. The second-order valence-electron chi connectivity index (χ2n) is 5.46. The van der Waals surface area contributed by atoms with Gasteiger partial charge in [0.1, 0.15) is 29.0 Å². The summed E-state index contributed by atoms with van der Waals surface area (Å²) in [5.41, 5.74) is 0.983. The Labute approximate surface area is 141 Å². The quantitative estimate of drug-likeness (QED) is 0.741. The van der Waals surface area contributed by atoms with Gasteiger partial charge in [0.05, 0.1) is 7.11 Å². The van der Waals surface area contributed by atoms with Crippen LogP contribution in [0.4, 0.5) is 4.39 Å². The zero-order chi connectivity index (χ0) is 17.4. The van der Waals surface area contributed by atoms with Gasteiger partial charge < -0.3 is 19.5 Å². The second-order valence-corrected chi connectivity index (χ2v) is 6.53. The maximum atomic E-state index is 14.2. The van der Waals surface area contributed by atoms with E-state index in [1.54, 1.807) is 16.7 Å². The molecule has 126 valence electrons. The number of nitrogens with zero attached hydrogens (tertiary/aromatic N) is 1. The fourth-order valence-corrected chi connectivity index (χ4v) is 3.87. The molecule has 2 aromatic heterocycles. The van der Waals surface area contributed by atoms with Crippen molar-refractivity contribution in [1.29, 1.82) is 0 Å². The summed E-state index contributed by atoms with van der Waals surface area (Å²) < 4.78 is 20.8. The molecule has 0 amide bonds. The molecule has 3 rings (SSSR count). The van der Waals surface area contributed by atoms with Crippen LogP contribution in [-0.4, -0.2) is 27.9 Å². The summed E-state index contributed by atoms with van der Waals surface area (Å²) in [6.07, 6.45) is -1.12. The van der Waals surface area contributed by atoms with Crippen molar-refractivity contribution in [2.75, 3.05) is 7.11 Å². The van der Waals surface area contributed by atoms with Crippen molar-refractivity contribution in [1.82, 2.24) is 4.57 Å². The van der Waals surface area contributed by atoms with E-state index < -0.39 is 17.9 Å². The number of rotatable bonds is 5. The van der Waals surface area contributed by atoms with Gasteiger partial charge in [-0.2, -0.15) is 0 Å². The van der Waals surface area contributed by atoms with E-state index in [1.807, 2.05) is 13.0 Å². The Morgan fingerprint density at radius 2 is 2.12 bits per heavy atom. The molecule has 24 heavy (non-hydrogen) atoms. The number of carbonyl (C=O) groups is 1. The van der Waals surface area contributed by atoms with E-state index in [0.29, 0.717) is 10.6 Å². The monoisotopic (exact) mass is 349 g/mol. The van der Waals surface area contributed by atoms with Crippen LogP contribution < -0.4 is 4.74 Å². The van der Waals surface area contributed by atoms with Crippen LogP contribution in [-0.2, 0) is 11.3 Å². The van der Waals surface area contributed by atoms with Crippen LogP contribution in [0.25, 0.3) is 10.2 Å². The topological polar surface area (TPSA) is 71.7 Å². The Hall–Kier alpha value is -2.38. The van der Waals surface area contributed by atoms with Gasteiger partial charge in [0, 0.05) is 27.6 Å². The van der Waals surface area contributed by atoms with E-state index in [9.17, 15) is 14.3 Å². The number of methoxy groups -OCH3 is 1. The third-order valence-corrected chi connectivity index (χ3v) is 5.09. The summed E-state index contributed by atoms with van der Waals surface area (Å²) in [5, 5.41) is 20.4. The molecular formula is C17H16FNO4S. The number of thiophene rings is 1. The SMILES string of the molecule is COc1ccc(C(O)c2cc3cc(C)n(CC(=O)O)c3s2)c(F)c1. The smallest absolute Gasteiger partial charge is 0.323 e. The second kappa shape index (κ2) is 6.26. The Bertz CT molecular complexity index is 915. The molecule has 2 N–H and O–H groups in total. The number of halogens is 1. The van der Waals surface area contributed by atoms with E-state index in [4.69, 9.17) is 9.84 Å². The lowest BCUT2D eigenvalue weighted by Gasteiger charge is -2.11. The molecular weight excluding hydrogens is 333 g/mol. The number of ether oxygens (including phenoxy) is 1. The molecule has 0 aliphatic carbocycles. The molecule has 0 bridgehead atoms. The molecule has 7 heteroatoms. The van der Waals surface area contributed by atoms with Gasteiger partial charge in [0.25, 0.3) is 0 Å². The van der Waals surface area contributed by atoms with Gasteiger partial charge in [-0.25, -0.2) is 4.39 Å². The molecule has 5 nitrogen and oxygen atoms in total. The summed E-state index contributed by atoms with van der Waals surface area (Å²) in [4.78, 5) is 12.3. The zero-order valence-electron chi connectivity index (χ0n) is 13.1. The number of carboxylic acids is 1. The highest BCUT2D eigenvalue weighted by Crippen LogP contribution is 2.36. The summed E-state index contributed by atoms with van der Waals surface area (Å²) in [6.45, 7) is 1.68. The van der Waals surface area contributed by atoms with E-state index >= 15 is 0 Å². The Balaban J connectivity index is 2.00. The molecule has 0 spiro atoms. The van der Waals surface area contributed by atoms with Crippen LogP contribution >= 0.6 is 11.3 Å². The highest BCUT2D eigenvalue weighted by atomic mass is 32.1. The van der Waals surface area contributed by atoms with Crippen molar-refractivity contribution >= 4 is 27.5 Å². The Morgan fingerprint density at radius 1 is 1.38 bits per heavy atom. The summed E-state index contributed by atoms with van der Waals surface area (Å²) >= 11 is 1.26. The standard InChI is InChI=1S/C17H16FNO4S/c1-9-5-10-6-14(24-17(10)19(9)8-15(20)21)16(22)12-4-3-11(23-2)7-13(12)18/h3-7,16,22H,8H2,1-2H3,(H,20,21). The number of aliphatic hydroxyl groups excluding tert-OH is 1. The number of hydrogen-bond acceptors (Lipinski definition) is 4. The average molecular weight is 349 g/mol. The van der Waals surface area contributed by atoms with Crippen LogP contribution in [0.1, 0.15) is 22.2 Å². The lowest BCUT2D eigenvalue weighted by molar-refractivity contribution is -0.137. The van der Waals surface area contributed by atoms with Crippen molar-refractivity contribution < 1.29 is 24.1 Å². The Kier molecular flexibility index (Phi) is 4.29. The van der Waals surface area contributed by atoms with E-state index in [1.165, 1.54) is 30.6 Å². The average Bonchev–Trinajstić information content (AvgIpc) is 3.05. The minimum absolute atomic E-state index is 0.151. The number of aliphatic carboxylic acids is 1. The molecule has 0 saturated heterocycles. The van der Waals surface area contributed by atoms with Crippen molar-refractivity contribution in [3.05, 3.63) is 52.3 Å². The molecule has 1 unspecified atom stereocenters. The summed E-state index contributed by atoms with van der Waals surface area (Å²) in [6, 6.07) is 7.92. The van der Waals surface area contributed by atoms with Crippen LogP contribution in [0, 0.1) is 12.7 Å². The summed E-state index contributed by atoms with van der Waals surface area (Å²) in [7, 11) is 1.44. The largest absolute Gasteiger partial charge is 0.497 e. The van der Waals surface area contributed by atoms with E-state index in [0.717, 1.165) is 15.9 Å². The first-order chi connectivity index (χ1) is 11.4. The van der Waals surface area contributed by atoms with Crippen LogP contribution in [0.15, 0.2) is 30.3 Å². The van der Waals surface area contributed by atoms with Gasteiger partial charge in [-0.15, -0.1) is 11.3 Å². The van der Waals surface area contributed by atoms with Crippen molar-refractivity contribution in [2.45, 2.75) is 19.6 Å². The number of aliphatic hydroxyl groups is 1. The zero-order valence-corrected chi connectivity index (χ0v) is 13.9. The molecule has 3 aromatic rings. The summed E-state index contributed by atoms with van der Waals surface area (Å²) in [5.74, 6) is -1.11. The number of carboxylic acid groups (broad SMARTS) is 1. The van der Waals surface area contributed by atoms with Gasteiger partial charge in [0.15, 0.2) is 0 Å². The number of benzene rings is 1. The molecule has 1 atom stereocenters. The molecule has 2 heterocycles. The highest BCUT2D eigenvalue weighted by molar-refractivity contribution is 7.18. The fourth-order valence-electron chi connectivity index (χ4n) is 2.67. The number of aryl methyl sites for hydroxylation is 1. The fraction of sp³-hybridized carbons (Fsp3) is 0.235. The molecule has 0 saturated carbocycles. The van der Waals surface area contributed by atoms with Crippen molar-refractivity contribution in [3.63, 3.8) is 0 Å². The van der Waals surface area contributed by atoms with E-state index in [-0.39, 0.29) is 12.1 Å². The molecule has 0 radical (unpaired) electrons. The third kappa shape index (κ3) is 2.88. The third-order valence-electron chi connectivity index (χ3n) is 3.86. The molecule has 0 aliphatic heterocycles. The first kappa shape index (κ1) is 16.5. The van der Waals surface area contributed by atoms with Crippen LogP contribution in [0.2, 0.25) is 0 Å². The predicted octanol–water partition coefficient (Wildman–Crippen LogP) is 3.33. The number of hydrogen-bond donors (Lipinski definition) is 2. The predicted molar refractivity (Wildman–Crippen MR) is 89.2 cm³/mol. The minimum atomic E-state index is -1.12. The number of aromatic nitrogens is 1.